The van der Waals surface area contributed by atoms with Gasteiger partial charge < -0.3 is 10.1 Å². The molecule has 0 atom stereocenters. The Morgan fingerprint density at radius 2 is 1.76 bits per heavy atom. The van der Waals surface area contributed by atoms with Gasteiger partial charge in [0.25, 0.3) is 0 Å². The molecule has 112 valence electrons. The molecule has 0 bridgehead atoms. The maximum Gasteiger partial charge on any atom is 0.191 e. The van der Waals surface area contributed by atoms with E-state index in [2.05, 4.69) is 5.32 Å². The van der Waals surface area contributed by atoms with Crippen molar-refractivity contribution in [2.24, 2.45) is 0 Å². The lowest BCUT2D eigenvalue weighted by Crippen LogP contribution is -2.07. The number of hydrogen-bond donors (Lipinski definition) is 1. The normalized spacial score (nSPS) is 10.7. The molecule has 0 aromatic heterocycles. The number of benzene rings is 2. The van der Waals surface area contributed by atoms with E-state index in [1.807, 2.05) is 0 Å². The Morgan fingerprint density at radius 1 is 1.10 bits per heavy atom. The average Bonchev–Trinajstić information content (AvgIpc) is 2.40. The fourth-order valence-electron chi connectivity index (χ4n) is 1.85. The second-order valence-electron chi connectivity index (χ2n) is 4.44. The summed E-state index contributed by atoms with van der Waals surface area (Å²) in [7, 11) is 1.70. The van der Waals surface area contributed by atoms with Gasteiger partial charge in [-0.15, -0.1) is 0 Å². The predicted molar refractivity (Wildman–Crippen MR) is 79.9 cm³/mol. The number of rotatable bonds is 5. The fourth-order valence-corrected chi connectivity index (χ4v) is 2.31. The number of hydrogen-bond acceptors (Lipinski definition) is 2. The summed E-state index contributed by atoms with van der Waals surface area (Å²) < 4.78 is 32.9. The zero-order valence-corrected chi connectivity index (χ0v) is 12.7. The first-order valence-corrected chi connectivity index (χ1v) is 6.96. The maximum atomic E-state index is 13.9. The van der Waals surface area contributed by atoms with Crippen molar-refractivity contribution >= 4 is 23.2 Å². The van der Waals surface area contributed by atoms with Gasteiger partial charge in [0.05, 0.1) is 0 Å². The third-order valence-corrected chi connectivity index (χ3v) is 3.41. The molecule has 2 rings (SSSR count). The lowest BCUT2D eigenvalue weighted by Gasteiger charge is -2.11. The Hall–Kier alpha value is -1.36. The zero-order valence-electron chi connectivity index (χ0n) is 11.2. The van der Waals surface area contributed by atoms with Crippen molar-refractivity contribution in [2.45, 2.75) is 13.2 Å². The molecule has 0 aliphatic rings. The Bertz CT molecular complexity index is 627. The molecule has 2 nitrogen and oxygen atoms in total. The third-order valence-electron chi connectivity index (χ3n) is 2.83. The number of ether oxygens (including phenoxy) is 1. The Labute approximate surface area is 131 Å². The van der Waals surface area contributed by atoms with Gasteiger partial charge in [0.1, 0.15) is 6.61 Å². The van der Waals surface area contributed by atoms with Crippen LogP contribution in [0.1, 0.15) is 11.1 Å². The standard InChI is InChI=1S/C15H13Cl2F2NO/c1-20-7-9-4-13(18)15(14(19)5-9)21-8-10-2-3-11(16)6-12(10)17/h2-6,20H,7-8H2,1H3. The highest BCUT2D eigenvalue weighted by atomic mass is 35.5. The molecule has 0 heterocycles. The molecule has 2 aromatic carbocycles. The molecule has 0 saturated carbocycles. The van der Waals surface area contributed by atoms with Crippen LogP contribution in [0.2, 0.25) is 10.0 Å². The minimum atomic E-state index is -0.745. The van der Waals surface area contributed by atoms with Crippen LogP contribution < -0.4 is 10.1 Å². The highest BCUT2D eigenvalue weighted by molar-refractivity contribution is 6.35. The molecular formula is C15H13Cl2F2NO. The summed E-state index contributed by atoms with van der Waals surface area (Å²) in [6.45, 7) is 0.326. The van der Waals surface area contributed by atoms with E-state index in [9.17, 15) is 8.78 Å². The first kappa shape index (κ1) is 16.0. The third kappa shape index (κ3) is 4.06. The van der Waals surface area contributed by atoms with Crippen LogP contribution in [0.4, 0.5) is 8.78 Å². The quantitative estimate of drug-likeness (QED) is 0.866. The van der Waals surface area contributed by atoms with E-state index in [4.69, 9.17) is 27.9 Å². The summed E-state index contributed by atoms with van der Waals surface area (Å²) in [5, 5.41) is 3.69. The molecular weight excluding hydrogens is 319 g/mol. The fraction of sp³-hybridized carbons (Fsp3) is 0.200. The Kier molecular flexibility index (Phi) is 5.39. The van der Waals surface area contributed by atoms with Crippen LogP contribution in [0.25, 0.3) is 0 Å². The molecule has 0 aliphatic heterocycles. The molecule has 0 radical (unpaired) electrons. The second-order valence-corrected chi connectivity index (χ2v) is 5.29. The largest absolute Gasteiger partial charge is 0.483 e. The summed E-state index contributed by atoms with van der Waals surface area (Å²) in [6, 6.07) is 7.30. The lowest BCUT2D eigenvalue weighted by molar-refractivity contribution is 0.274. The zero-order chi connectivity index (χ0) is 15.4. The van der Waals surface area contributed by atoms with Gasteiger partial charge >= 0.3 is 0 Å². The summed E-state index contributed by atoms with van der Waals surface area (Å²) in [5.41, 5.74) is 1.10. The van der Waals surface area contributed by atoms with Crippen molar-refractivity contribution in [3.05, 3.63) is 63.1 Å². The van der Waals surface area contributed by atoms with Gasteiger partial charge in [0, 0.05) is 22.2 Å². The van der Waals surface area contributed by atoms with Crippen LogP contribution in [0.3, 0.4) is 0 Å². The minimum absolute atomic E-state index is 0.0464. The maximum absolute atomic E-state index is 13.9. The second kappa shape index (κ2) is 7.07. The van der Waals surface area contributed by atoms with Gasteiger partial charge in [-0.05, 0) is 36.9 Å². The first-order valence-electron chi connectivity index (χ1n) is 6.20. The first-order chi connectivity index (χ1) is 10.0. The van der Waals surface area contributed by atoms with Crippen LogP contribution in [-0.2, 0) is 13.2 Å². The molecule has 21 heavy (non-hydrogen) atoms. The van der Waals surface area contributed by atoms with Gasteiger partial charge in [0.15, 0.2) is 17.4 Å². The topological polar surface area (TPSA) is 21.3 Å². The molecule has 2 aromatic rings. The summed E-state index contributed by atoms with van der Waals surface area (Å²) >= 11 is 11.8. The van der Waals surface area contributed by atoms with Crippen LogP contribution in [0, 0.1) is 11.6 Å². The molecule has 0 amide bonds. The number of nitrogens with one attached hydrogen (secondary N) is 1. The van der Waals surface area contributed by atoms with Crippen LogP contribution in [0.15, 0.2) is 30.3 Å². The van der Waals surface area contributed by atoms with Crippen molar-refractivity contribution in [3.63, 3.8) is 0 Å². The predicted octanol–water partition coefficient (Wildman–Crippen LogP) is 4.57. The van der Waals surface area contributed by atoms with E-state index < -0.39 is 17.4 Å². The smallest absolute Gasteiger partial charge is 0.191 e. The van der Waals surface area contributed by atoms with Crippen LogP contribution in [0.5, 0.6) is 5.75 Å². The summed E-state index contributed by atoms with van der Waals surface area (Å²) in [6.07, 6.45) is 0. The van der Waals surface area contributed by atoms with Gasteiger partial charge in [-0.1, -0.05) is 29.3 Å². The lowest BCUT2D eigenvalue weighted by atomic mass is 10.2. The van der Waals surface area contributed by atoms with Crippen LogP contribution in [-0.4, -0.2) is 7.05 Å². The summed E-state index contributed by atoms with van der Waals surface area (Å²) in [4.78, 5) is 0. The van der Waals surface area contributed by atoms with Gasteiger partial charge in [-0.2, -0.15) is 0 Å². The molecule has 6 heteroatoms. The Morgan fingerprint density at radius 3 is 2.33 bits per heavy atom. The van der Waals surface area contributed by atoms with Crippen molar-refractivity contribution in [3.8, 4) is 5.75 Å². The SMILES string of the molecule is CNCc1cc(F)c(OCc2ccc(Cl)cc2Cl)c(F)c1. The highest BCUT2D eigenvalue weighted by Crippen LogP contribution is 2.26. The average molecular weight is 332 g/mol. The molecule has 0 spiro atoms. The monoisotopic (exact) mass is 331 g/mol. The van der Waals surface area contributed by atoms with E-state index in [-0.39, 0.29) is 6.61 Å². The van der Waals surface area contributed by atoms with Crippen molar-refractivity contribution in [1.29, 1.82) is 0 Å². The van der Waals surface area contributed by atoms with Gasteiger partial charge in [-0.3, -0.25) is 0 Å². The molecule has 1 N–H and O–H groups in total. The van der Waals surface area contributed by atoms with E-state index in [1.165, 1.54) is 12.1 Å². The van der Waals surface area contributed by atoms with Crippen molar-refractivity contribution < 1.29 is 13.5 Å². The van der Waals surface area contributed by atoms with Crippen LogP contribution >= 0.6 is 23.2 Å². The van der Waals surface area contributed by atoms with Crippen molar-refractivity contribution in [1.82, 2.24) is 5.32 Å². The van der Waals surface area contributed by atoms with Gasteiger partial charge in [0.2, 0.25) is 0 Å². The number of halogens is 4. The van der Waals surface area contributed by atoms with E-state index in [1.54, 1.807) is 25.2 Å². The Balaban J connectivity index is 2.16. The molecule has 0 saturated heterocycles. The highest BCUT2D eigenvalue weighted by Gasteiger charge is 2.13. The molecule has 0 fully saturated rings. The van der Waals surface area contributed by atoms with E-state index >= 15 is 0 Å². The van der Waals surface area contributed by atoms with Crippen molar-refractivity contribution in [2.75, 3.05) is 7.05 Å². The summed E-state index contributed by atoms with van der Waals surface area (Å²) in [5.74, 6) is -1.91. The molecule has 0 unspecified atom stereocenters. The minimum Gasteiger partial charge on any atom is -0.483 e. The molecule has 0 aliphatic carbocycles. The van der Waals surface area contributed by atoms with Gasteiger partial charge in [-0.25, -0.2) is 8.78 Å². The van der Waals surface area contributed by atoms with E-state index in [0.29, 0.717) is 27.7 Å². The van der Waals surface area contributed by atoms with E-state index in [0.717, 1.165) is 0 Å².